The van der Waals surface area contributed by atoms with E-state index in [9.17, 15) is 13.2 Å². The average Bonchev–Trinajstić information content (AvgIpc) is 2.85. The minimum atomic E-state index is -2.96. The van der Waals surface area contributed by atoms with Gasteiger partial charge in [0.05, 0.1) is 11.5 Å². The molecular formula is C16H24N4O3S. The molecule has 1 atom stereocenters. The first-order valence-corrected chi connectivity index (χ1v) is 10.2. The number of rotatable bonds is 3. The molecule has 3 rings (SSSR count). The first kappa shape index (κ1) is 17.1. The standard InChI is InChI=1S/C16H24N4O3S/c1-11-9-12(2)18-16(17-11)20-6-3-13(4-7-20)15(21)19-14-5-8-24(22,23)10-14/h9,13-14H,3-8,10H2,1-2H3,(H,19,21). The summed E-state index contributed by atoms with van der Waals surface area (Å²) in [5.41, 5.74) is 1.89. The zero-order chi connectivity index (χ0) is 17.3. The number of aromatic nitrogens is 2. The molecule has 24 heavy (non-hydrogen) atoms. The van der Waals surface area contributed by atoms with Gasteiger partial charge in [-0.1, -0.05) is 0 Å². The van der Waals surface area contributed by atoms with Crippen molar-refractivity contribution in [2.45, 2.75) is 39.2 Å². The summed E-state index contributed by atoms with van der Waals surface area (Å²) in [4.78, 5) is 23.4. The van der Waals surface area contributed by atoms with Gasteiger partial charge in [0.2, 0.25) is 11.9 Å². The van der Waals surface area contributed by atoms with Gasteiger partial charge in [0, 0.05) is 36.4 Å². The summed E-state index contributed by atoms with van der Waals surface area (Å²) >= 11 is 0. The van der Waals surface area contributed by atoms with E-state index in [1.54, 1.807) is 0 Å². The maximum Gasteiger partial charge on any atom is 0.225 e. The maximum absolute atomic E-state index is 12.4. The molecule has 2 saturated heterocycles. The molecule has 3 heterocycles. The molecule has 2 aliphatic heterocycles. The van der Waals surface area contributed by atoms with Gasteiger partial charge in [0.25, 0.3) is 0 Å². The van der Waals surface area contributed by atoms with Crippen LogP contribution in [0.1, 0.15) is 30.7 Å². The summed E-state index contributed by atoms with van der Waals surface area (Å²) in [5.74, 6) is 0.913. The Morgan fingerprint density at radius 3 is 2.33 bits per heavy atom. The Labute approximate surface area is 142 Å². The van der Waals surface area contributed by atoms with E-state index in [0.29, 0.717) is 6.42 Å². The highest BCUT2D eigenvalue weighted by Gasteiger charge is 2.32. The minimum Gasteiger partial charge on any atom is -0.352 e. The van der Waals surface area contributed by atoms with E-state index < -0.39 is 9.84 Å². The second-order valence-electron chi connectivity index (χ2n) is 6.82. The van der Waals surface area contributed by atoms with Crippen LogP contribution in [0.3, 0.4) is 0 Å². The zero-order valence-corrected chi connectivity index (χ0v) is 15.0. The lowest BCUT2D eigenvalue weighted by atomic mass is 9.95. The van der Waals surface area contributed by atoms with E-state index >= 15 is 0 Å². The van der Waals surface area contributed by atoms with Gasteiger partial charge in [0.1, 0.15) is 0 Å². The molecule has 0 bridgehead atoms. The molecule has 1 aromatic rings. The van der Waals surface area contributed by atoms with Gasteiger partial charge in [-0.25, -0.2) is 18.4 Å². The van der Waals surface area contributed by atoms with Crippen LogP contribution in [-0.2, 0) is 14.6 Å². The minimum absolute atomic E-state index is 0.0157. The lowest BCUT2D eigenvalue weighted by Gasteiger charge is -2.32. The summed E-state index contributed by atoms with van der Waals surface area (Å²) in [5, 5.41) is 2.91. The quantitative estimate of drug-likeness (QED) is 0.857. The number of sulfone groups is 1. The number of piperidine rings is 1. The summed E-state index contributed by atoms with van der Waals surface area (Å²) in [7, 11) is -2.96. The van der Waals surface area contributed by atoms with Crippen LogP contribution in [0.25, 0.3) is 0 Å². The van der Waals surface area contributed by atoms with E-state index in [0.717, 1.165) is 43.3 Å². The van der Waals surface area contributed by atoms with Crippen molar-refractivity contribution in [1.29, 1.82) is 0 Å². The second-order valence-corrected chi connectivity index (χ2v) is 9.05. The molecule has 0 aromatic carbocycles. The van der Waals surface area contributed by atoms with Gasteiger partial charge in [-0.3, -0.25) is 4.79 Å². The molecule has 8 heteroatoms. The molecule has 0 saturated carbocycles. The molecule has 1 unspecified atom stereocenters. The topological polar surface area (TPSA) is 92.3 Å². The largest absolute Gasteiger partial charge is 0.352 e. The van der Waals surface area contributed by atoms with E-state index in [-0.39, 0.29) is 29.4 Å². The molecule has 2 aliphatic rings. The first-order valence-electron chi connectivity index (χ1n) is 8.40. The normalized spacial score (nSPS) is 24.1. The molecule has 0 radical (unpaired) electrons. The lowest BCUT2D eigenvalue weighted by molar-refractivity contribution is -0.126. The van der Waals surface area contributed by atoms with Crippen LogP contribution >= 0.6 is 0 Å². The van der Waals surface area contributed by atoms with Crippen LogP contribution in [0.4, 0.5) is 5.95 Å². The van der Waals surface area contributed by atoms with Gasteiger partial charge in [-0.05, 0) is 39.2 Å². The summed E-state index contributed by atoms with van der Waals surface area (Å²) in [6.07, 6.45) is 2.01. The molecule has 0 aliphatic carbocycles. The van der Waals surface area contributed by atoms with Crippen LogP contribution < -0.4 is 10.2 Å². The third-order valence-corrected chi connectivity index (χ3v) is 6.47. The third-order valence-electron chi connectivity index (χ3n) is 4.70. The zero-order valence-electron chi connectivity index (χ0n) is 14.2. The van der Waals surface area contributed by atoms with Crippen molar-refractivity contribution in [3.05, 3.63) is 17.5 Å². The number of amides is 1. The van der Waals surface area contributed by atoms with Gasteiger partial charge in [-0.2, -0.15) is 0 Å². The second kappa shape index (κ2) is 6.66. The van der Waals surface area contributed by atoms with E-state index in [1.807, 2.05) is 19.9 Å². The Balaban J connectivity index is 1.54. The number of hydrogen-bond acceptors (Lipinski definition) is 6. The van der Waals surface area contributed by atoms with Crippen LogP contribution in [0.2, 0.25) is 0 Å². The number of anilines is 1. The van der Waals surface area contributed by atoms with Crippen molar-refractivity contribution in [3.8, 4) is 0 Å². The molecule has 2 fully saturated rings. The SMILES string of the molecule is Cc1cc(C)nc(N2CCC(C(=O)NC3CCS(=O)(=O)C3)CC2)n1. The lowest BCUT2D eigenvalue weighted by Crippen LogP contribution is -2.44. The van der Waals surface area contributed by atoms with Crippen LogP contribution in [-0.4, -0.2) is 54.9 Å². The van der Waals surface area contributed by atoms with Gasteiger partial charge < -0.3 is 10.2 Å². The van der Waals surface area contributed by atoms with Crippen molar-refractivity contribution in [2.75, 3.05) is 29.5 Å². The highest BCUT2D eigenvalue weighted by molar-refractivity contribution is 7.91. The molecule has 0 spiro atoms. The van der Waals surface area contributed by atoms with E-state index in [1.165, 1.54) is 0 Å². The fourth-order valence-corrected chi connectivity index (χ4v) is 5.09. The number of hydrogen-bond donors (Lipinski definition) is 1. The smallest absolute Gasteiger partial charge is 0.225 e. The predicted octanol–water partition coefficient (Wildman–Crippen LogP) is 0.613. The molecule has 7 nitrogen and oxygen atoms in total. The van der Waals surface area contributed by atoms with Crippen molar-refractivity contribution in [1.82, 2.24) is 15.3 Å². The van der Waals surface area contributed by atoms with Gasteiger partial charge in [0.15, 0.2) is 9.84 Å². The van der Waals surface area contributed by atoms with E-state index in [4.69, 9.17) is 0 Å². The number of aryl methyl sites for hydroxylation is 2. The third kappa shape index (κ3) is 4.03. The van der Waals surface area contributed by atoms with E-state index in [2.05, 4.69) is 20.2 Å². The fourth-order valence-electron chi connectivity index (χ4n) is 3.42. The summed E-state index contributed by atoms with van der Waals surface area (Å²) < 4.78 is 23.0. The Morgan fingerprint density at radius 1 is 1.17 bits per heavy atom. The highest BCUT2D eigenvalue weighted by Crippen LogP contribution is 2.22. The van der Waals surface area contributed by atoms with Gasteiger partial charge in [-0.15, -0.1) is 0 Å². The maximum atomic E-state index is 12.4. The molecule has 1 amide bonds. The van der Waals surface area contributed by atoms with Crippen LogP contribution in [0.5, 0.6) is 0 Å². The van der Waals surface area contributed by atoms with Crippen molar-refractivity contribution in [2.24, 2.45) is 5.92 Å². The molecule has 1 N–H and O–H groups in total. The predicted molar refractivity (Wildman–Crippen MR) is 91.6 cm³/mol. The van der Waals surface area contributed by atoms with Gasteiger partial charge >= 0.3 is 0 Å². The number of nitrogens with one attached hydrogen (secondary N) is 1. The number of nitrogens with zero attached hydrogens (tertiary/aromatic N) is 3. The number of carbonyl (C=O) groups is 1. The highest BCUT2D eigenvalue weighted by atomic mass is 32.2. The Kier molecular flexibility index (Phi) is 4.76. The Hall–Kier alpha value is -1.70. The van der Waals surface area contributed by atoms with Crippen molar-refractivity contribution in [3.63, 3.8) is 0 Å². The Morgan fingerprint density at radius 2 is 1.79 bits per heavy atom. The monoisotopic (exact) mass is 352 g/mol. The van der Waals surface area contributed by atoms with Crippen molar-refractivity contribution >= 4 is 21.7 Å². The molecule has 1 aromatic heterocycles. The summed E-state index contributed by atoms with van der Waals surface area (Å²) in [6, 6.07) is 1.72. The first-order chi connectivity index (χ1) is 11.3. The average molecular weight is 352 g/mol. The summed E-state index contributed by atoms with van der Waals surface area (Å²) in [6.45, 7) is 5.38. The fraction of sp³-hybridized carbons (Fsp3) is 0.688. The Bertz CT molecular complexity index is 707. The van der Waals surface area contributed by atoms with Crippen LogP contribution in [0, 0.1) is 19.8 Å². The molecular weight excluding hydrogens is 328 g/mol. The number of carbonyl (C=O) groups excluding carboxylic acids is 1. The van der Waals surface area contributed by atoms with Crippen LogP contribution in [0.15, 0.2) is 6.07 Å². The van der Waals surface area contributed by atoms with Crippen molar-refractivity contribution < 1.29 is 13.2 Å². The molecule has 132 valence electrons.